The van der Waals surface area contributed by atoms with Crippen molar-refractivity contribution < 1.29 is 0 Å². The standard InChI is InChI=1S/C11H15N5S.HI/c1-2-3-13-10(12)15-5-7-16(8-6-15)11-14-4-9-17-11;/h1,4,9H,3,5-8H2,(H2,12,13);1H. The third kappa shape index (κ3) is 3.74. The number of piperazine rings is 1. The fraction of sp³-hybridized carbons (Fsp3) is 0.455. The summed E-state index contributed by atoms with van der Waals surface area (Å²) >= 11 is 1.66. The van der Waals surface area contributed by atoms with Crippen LogP contribution in [0.25, 0.3) is 0 Å². The number of halogens is 1. The average Bonchev–Trinajstić information content (AvgIpc) is 2.90. The summed E-state index contributed by atoms with van der Waals surface area (Å²) in [6, 6.07) is 0. The molecule has 1 aromatic heterocycles. The minimum absolute atomic E-state index is 0. The molecule has 1 aliphatic heterocycles. The van der Waals surface area contributed by atoms with Gasteiger partial charge in [-0.15, -0.1) is 41.7 Å². The molecule has 98 valence electrons. The van der Waals surface area contributed by atoms with Gasteiger partial charge >= 0.3 is 0 Å². The van der Waals surface area contributed by atoms with Crippen LogP contribution in [-0.2, 0) is 0 Å². The van der Waals surface area contributed by atoms with Crippen molar-refractivity contribution in [3.8, 4) is 12.3 Å². The Morgan fingerprint density at radius 3 is 2.78 bits per heavy atom. The molecule has 1 aliphatic rings. The van der Waals surface area contributed by atoms with E-state index < -0.39 is 0 Å². The second-order valence-electron chi connectivity index (χ2n) is 3.67. The molecule has 2 N–H and O–H groups in total. The smallest absolute Gasteiger partial charge is 0.192 e. The zero-order valence-electron chi connectivity index (χ0n) is 9.95. The van der Waals surface area contributed by atoms with Crippen LogP contribution >= 0.6 is 35.3 Å². The molecule has 7 heteroatoms. The number of hydrogen-bond acceptors (Lipinski definition) is 4. The third-order valence-electron chi connectivity index (χ3n) is 2.63. The van der Waals surface area contributed by atoms with Gasteiger partial charge in [-0.2, -0.15) is 0 Å². The molecule has 1 saturated heterocycles. The van der Waals surface area contributed by atoms with E-state index >= 15 is 0 Å². The largest absolute Gasteiger partial charge is 0.370 e. The molecular formula is C11H16IN5S. The number of anilines is 1. The maximum Gasteiger partial charge on any atom is 0.192 e. The van der Waals surface area contributed by atoms with Crippen LogP contribution in [0.1, 0.15) is 0 Å². The molecule has 0 radical (unpaired) electrons. The molecule has 18 heavy (non-hydrogen) atoms. The lowest BCUT2D eigenvalue weighted by Gasteiger charge is -2.35. The molecule has 2 heterocycles. The number of guanidine groups is 1. The van der Waals surface area contributed by atoms with Crippen LogP contribution in [0.3, 0.4) is 0 Å². The summed E-state index contributed by atoms with van der Waals surface area (Å²) < 4.78 is 0. The Balaban J connectivity index is 0.00000162. The number of hydrogen-bond donors (Lipinski definition) is 1. The molecule has 0 saturated carbocycles. The van der Waals surface area contributed by atoms with E-state index in [-0.39, 0.29) is 24.0 Å². The predicted molar refractivity (Wildman–Crippen MR) is 86.6 cm³/mol. The monoisotopic (exact) mass is 377 g/mol. The lowest BCUT2D eigenvalue weighted by Crippen LogP contribution is -2.51. The molecule has 0 unspecified atom stereocenters. The zero-order valence-corrected chi connectivity index (χ0v) is 13.1. The Morgan fingerprint density at radius 2 is 2.22 bits per heavy atom. The topological polar surface area (TPSA) is 57.8 Å². The fourth-order valence-corrected chi connectivity index (χ4v) is 2.42. The minimum atomic E-state index is 0. The van der Waals surface area contributed by atoms with Crippen molar-refractivity contribution in [3.63, 3.8) is 0 Å². The number of nitrogens with zero attached hydrogens (tertiary/aromatic N) is 4. The number of rotatable bonds is 2. The van der Waals surface area contributed by atoms with Crippen LogP contribution in [0.4, 0.5) is 5.13 Å². The van der Waals surface area contributed by atoms with E-state index in [2.05, 4.69) is 25.7 Å². The van der Waals surface area contributed by atoms with Crippen LogP contribution in [0, 0.1) is 12.3 Å². The molecule has 1 aromatic rings. The minimum Gasteiger partial charge on any atom is -0.370 e. The Hall–Kier alpha value is -1.01. The predicted octanol–water partition coefficient (Wildman–Crippen LogP) is 0.831. The van der Waals surface area contributed by atoms with Crippen molar-refractivity contribution in [2.45, 2.75) is 0 Å². The van der Waals surface area contributed by atoms with Gasteiger partial charge in [-0.1, -0.05) is 5.92 Å². The first kappa shape index (κ1) is 15.0. The SMILES string of the molecule is C#CCN=C(N)N1CCN(c2nccs2)CC1.I. The van der Waals surface area contributed by atoms with Gasteiger partial charge in [0.25, 0.3) is 0 Å². The van der Waals surface area contributed by atoms with Crippen LogP contribution in [0.2, 0.25) is 0 Å². The molecule has 0 amide bonds. The molecule has 0 aromatic carbocycles. The van der Waals surface area contributed by atoms with E-state index in [1.807, 2.05) is 11.6 Å². The van der Waals surface area contributed by atoms with Crippen molar-refractivity contribution in [1.82, 2.24) is 9.88 Å². The number of aliphatic imine (C=N–C) groups is 1. The van der Waals surface area contributed by atoms with Crippen LogP contribution in [-0.4, -0.2) is 48.6 Å². The highest BCUT2D eigenvalue weighted by atomic mass is 127. The van der Waals surface area contributed by atoms with Gasteiger partial charge in [0.1, 0.15) is 6.54 Å². The van der Waals surface area contributed by atoms with Gasteiger partial charge in [-0.3, -0.25) is 0 Å². The molecule has 0 spiro atoms. The fourth-order valence-electron chi connectivity index (χ4n) is 1.73. The van der Waals surface area contributed by atoms with E-state index in [4.69, 9.17) is 12.2 Å². The summed E-state index contributed by atoms with van der Waals surface area (Å²) in [5.74, 6) is 3.00. The second-order valence-corrected chi connectivity index (χ2v) is 4.54. The molecule has 0 atom stereocenters. The van der Waals surface area contributed by atoms with Crippen LogP contribution in [0.5, 0.6) is 0 Å². The van der Waals surface area contributed by atoms with Crippen LogP contribution < -0.4 is 10.6 Å². The Labute approximate surface area is 128 Å². The van der Waals surface area contributed by atoms with Gasteiger partial charge in [-0.05, 0) is 0 Å². The van der Waals surface area contributed by atoms with Gasteiger partial charge in [0, 0.05) is 37.8 Å². The summed E-state index contributed by atoms with van der Waals surface area (Å²) in [5, 5.41) is 3.06. The highest BCUT2D eigenvalue weighted by Crippen LogP contribution is 2.18. The maximum atomic E-state index is 5.85. The number of thiazole rings is 1. The van der Waals surface area contributed by atoms with Gasteiger partial charge in [0.2, 0.25) is 0 Å². The molecule has 0 aliphatic carbocycles. The van der Waals surface area contributed by atoms with E-state index in [0.29, 0.717) is 12.5 Å². The van der Waals surface area contributed by atoms with Crippen molar-refractivity contribution in [2.24, 2.45) is 10.7 Å². The van der Waals surface area contributed by atoms with Gasteiger partial charge in [-0.25, -0.2) is 9.98 Å². The molecular weight excluding hydrogens is 361 g/mol. The summed E-state index contributed by atoms with van der Waals surface area (Å²) in [4.78, 5) is 12.7. The Bertz CT molecular complexity index is 417. The summed E-state index contributed by atoms with van der Waals surface area (Å²) in [6.07, 6.45) is 6.97. The first-order valence-electron chi connectivity index (χ1n) is 5.44. The van der Waals surface area contributed by atoms with E-state index in [9.17, 15) is 0 Å². The van der Waals surface area contributed by atoms with E-state index in [0.717, 1.165) is 31.3 Å². The lowest BCUT2D eigenvalue weighted by molar-refractivity contribution is 0.381. The average molecular weight is 377 g/mol. The summed E-state index contributed by atoms with van der Waals surface area (Å²) in [6.45, 7) is 3.90. The maximum absolute atomic E-state index is 5.85. The summed E-state index contributed by atoms with van der Waals surface area (Å²) in [5.41, 5.74) is 5.85. The zero-order chi connectivity index (χ0) is 12.1. The van der Waals surface area contributed by atoms with E-state index in [1.165, 1.54) is 0 Å². The Kier molecular flexibility index (Phi) is 6.21. The van der Waals surface area contributed by atoms with Gasteiger partial charge in [0.15, 0.2) is 11.1 Å². The first-order chi connectivity index (χ1) is 8.31. The molecule has 0 bridgehead atoms. The highest BCUT2D eigenvalue weighted by molar-refractivity contribution is 14.0. The molecule has 5 nitrogen and oxygen atoms in total. The number of terminal acetylenes is 1. The van der Waals surface area contributed by atoms with Crippen molar-refractivity contribution in [2.75, 3.05) is 37.6 Å². The van der Waals surface area contributed by atoms with E-state index in [1.54, 1.807) is 11.3 Å². The lowest BCUT2D eigenvalue weighted by atomic mass is 10.3. The van der Waals surface area contributed by atoms with Crippen molar-refractivity contribution in [1.29, 1.82) is 0 Å². The first-order valence-corrected chi connectivity index (χ1v) is 6.32. The van der Waals surface area contributed by atoms with Gasteiger partial charge in [0.05, 0.1) is 0 Å². The quantitative estimate of drug-likeness (QED) is 0.359. The third-order valence-corrected chi connectivity index (χ3v) is 3.46. The second kappa shape index (κ2) is 7.43. The molecule has 1 fully saturated rings. The summed E-state index contributed by atoms with van der Waals surface area (Å²) in [7, 11) is 0. The molecule has 2 rings (SSSR count). The Morgan fingerprint density at radius 1 is 1.50 bits per heavy atom. The highest BCUT2D eigenvalue weighted by Gasteiger charge is 2.19. The van der Waals surface area contributed by atoms with Crippen molar-refractivity contribution in [3.05, 3.63) is 11.6 Å². The number of aromatic nitrogens is 1. The van der Waals surface area contributed by atoms with Crippen molar-refractivity contribution >= 4 is 46.4 Å². The number of nitrogens with two attached hydrogens (primary N) is 1. The van der Waals surface area contributed by atoms with Crippen LogP contribution in [0.15, 0.2) is 16.6 Å². The normalized spacial score (nSPS) is 16.1. The van der Waals surface area contributed by atoms with Gasteiger partial charge < -0.3 is 15.5 Å².